The lowest BCUT2D eigenvalue weighted by atomic mass is 9.92. The predicted molar refractivity (Wildman–Crippen MR) is 75.0 cm³/mol. The van der Waals surface area contributed by atoms with Gasteiger partial charge >= 0.3 is 5.97 Å². The van der Waals surface area contributed by atoms with Crippen LogP contribution >= 0.6 is 0 Å². The standard InChI is InChI=1S/C16H22O3/c1-3-5-12-19-16(18)15(14(17)9-4-2)13-10-7-6-8-11-13/h6-8,10-11,15H,3-5,9,12H2,1-2H3. The van der Waals surface area contributed by atoms with Gasteiger partial charge in [-0.05, 0) is 18.4 Å². The van der Waals surface area contributed by atoms with Crippen LogP contribution in [-0.2, 0) is 14.3 Å². The highest BCUT2D eigenvalue weighted by Gasteiger charge is 2.28. The predicted octanol–water partition coefficient (Wildman–Crippen LogP) is 3.48. The van der Waals surface area contributed by atoms with Crippen LogP contribution in [0.1, 0.15) is 51.0 Å². The third-order valence-corrected chi connectivity index (χ3v) is 2.93. The topological polar surface area (TPSA) is 43.4 Å². The van der Waals surface area contributed by atoms with Gasteiger partial charge in [0, 0.05) is 6.42 Å². The lowest BCUT2D eigenvalue weighted by molar-refractivity contribution is -0.148. The Hall–Kier alpha value is -1.64. The number of unbranched alkanes of at least 4 members (excludes halogenated alkanes) is 1. The van der Waals surface area contributed by atoms with E-state index in [0.717, 1.165) is 24.8 Å². The number of carbonyl (C=O) groups is 2. The van der Waals surface area contributed by atoms with Crippen LogP contribution < -0.4 is 0 Å². The molecule has 0 aromatic heterocycles. The van der Waals surface area contributed by atoms with Gasteiger partial charge in [-0.15, -0.1) is 0 Å². The smallest absolute Gasteiger partial charge is 0.321 e. The van der Waals surface area contributed by atoms with E-state index in [9.17, 15) is 9.59 Å². The first-order valence-corrected chi connectivity index (χ1v) is 6.95. The molecule has 0 heterocycles. The number of carbonyl (C=O) groups excluding carboxylic acids is 2. The Labute approximate surface area is 115 Å². The van der Waals surface area contributed by atoms with Gasteiger partial charge in [-0.25, -0.2) is 0 Å². The van der Waals surface area contributed by atoms with Crippen molar-refractivity contribution in [2.75, 3.05) is 6.61 Å². The number of rotatable bonds is 8. The Morgan fingerprint density at radius 1 is 1.11 bits per heavy atom. The van der Waals surface area contributed by atoms with E-state index in [1.165, 1.54) is 0 Å². The highest BCUT2D eigenvalue weighted by molar-refractivity contribution is 6.04. The summed E-state index contributed by atoms with van der Waals surface area (Å²) in [5.74, 6) is -1.24. The van der Waals surface area contributed by atoms with E-state index < -0.39 is 11.9 Å². The van der Waals surface area contributed by atoms with Crippen molar-refractivity contribution in [3.63, 3.8) is 0 Å². The van der Waals surface area contributed by atoms with Crippen LogP contribution in [0.3, 0.4) is 0 Å². The highest BCUT2D eigenvalue weighted by Crippen LogP contribution is 2.21. The van der Waals surface area contributed by atoms with Crippen molar-refractivity contribution in [1.82, 2.24) is 0 Å². The fourth-order valence-electron chi connectivity index (χ4n) is 1.89. The zero-order valence-corrected chi connectivity index (χ0v) is 11.7. The van der Waals surface area contributed by atoms with Gasteiger partial charge < -0.3 is 4.74 Å². The molecule has 1 aromatic rings. The minimum atomic E-state index is -0.766. The average molecular weight is 262 g/mol. The highest BCUT2D eigenvalue weighted by atomic mass is 16.5. The molecule has 0 N–H and O–H groups in total. The molecule has 0 spiro atoms. The van der Waals surface area contributed by atoms with Crippen molar-refractivity contribution in [2.45, 2.75) is 45.4 Å². The van der Waals surface area contributed by atoms with Crippen LogP contribution in [0.25, 0.3) is 0 Å². The molecular weight excluding hydrogens is 240 g/mol. The lowest BCUT2D eigenvalue weighted by Crippen LogP contribution is -2.24. The first kappa shape index (κ1) is 15.4. The maximum absolute atomic E-state index is 12.1. The summed E-state index contributed by atoms with van der Waals surface area (Å²) in [5, 5.41) is 0. The largest absolute Gasteiger partial charge is 0.465 e. The molecule has 0 radical (unpaired) electrons. The second-order valence-electron chi connectivity index (χ2n) is 4.58. The summed E-state index contributed by atoms with van der Waals surface area (Å²) in [6, 6.07) is 9.15. The molecule has 0 fully saturated rings. The van der Waals surface area contributed by atoms with E-state index in [1.54, 1.807) is 12.1 Å². The first-order chi connectivity index (χ1) is 9.20. The molecule has 0 bridgehead atoms. The molecule has 0 aliphatic rings. The van der Waals surface area contributed by atoms with Gasteiger partial charge in [-0.3, -0.25) is 9.59 Å². The molecule has 0 aliphatic heterocycles. The van der Waals surface area contributed by atoms with Crippen LogP contribution in [0.2, 0.25) is 0 Å². The molecule has 3 nitrogen and oxygen atoms in total. The van der Waals surface area contributed by atoms with Crippen LogP contribution in [0.4, 0.5) is 0 Å². The second kappa shape index (κ2) is 8.46. The molecule has 19 heavy (non-hydrogen) atoms. The molecule has 0 saturated heterocycles. The number of hydrogen-bond acceptors (Lipinski definition) is 3. The number of ketones is 1. The average Bonchev–Trinajstić information content (AvgIpc) is 2.41. The molecular formula is C16H22O3. The van der Waals surface area contributed by atoms with Crippen LogP contribution in [0.15, 0.2) is 30.3 Å². The van der Waals surface area contributed by atoms with Crippen molar-refractivity contribution in [3.8, 4) is 0 Å². The van der Waals surface area contributed by atoms with Crippen molar-refractivity contribution < 1.29 is 14.3 Å². The zero-order chi connectivity index (χ0) is 14.1. The number of ether oxygens (including phenoxy) is 1. The van der Waals surface area contributed by atoms with Crippen LogP contribution in [-0.4, -0.2) is 18.4 Å². The van der Waals surface area contributed by atoms with Gasteiger partial charge in [-0.2, -0.15) is 0 Å². The summed E-state index contributed by atoms with van der Waals surface area (Å²) in [6.45, 7) is 4.35. The molecule has 0 saturated carbocycles. The van der Waals surface area contributed by atoms with Crippen LogP contribution in [0, 0.1) is 0 Å². The molecule has 1 rings (SSSR count). The fraction of sp³-hybridized carbons (Fsp3) is 0.500. The van der Waals surface area contributed by atoms with E-state index in [2.05, 4.69) is 0 Å². The van der Waals surface area contributed by atoms with E-state index >= 15 is 0 Å². The number of hydrogen-bond donors (Lipinski definition) is 0. The molecule has 3 heteroatoms. The fourth-order valence-corrected chi connectivity index (χ4v) is 1.89. The van der Waals surface area contributed by atoms with Crippen molar-refractivity contribution >= 4 is 11.8 Å². The maximum atomic E-state index is 12.1. The minimum Gasteiger partial charge on any atom is -0.465 e. The molecule has 1 aromatic carbocycles. The van der Waals surface area contributed by atoms with Gasteiger partial charge in [0.25, 0.3) is 0 Å². The Bertz CT molecular complexity index is 398. The SMILES string of the molecule is CCCCOC(=O)C(C(=O)CCC)c1ccccc1. The minimum absolute atomic E-state index is 0.0600. The molecule has 1 unspecified atom stereocenters. The van der Waals surface area contributed by atoms with Crippen molar-refractivity contribution in [1.29, 1.82) is 0 Å². The van der Waals surface area contributed by atoms with Gasteiger partial charge in [0.2, 0.25) is 0 Å². The van der Waals surface area contributed by atoms with E-state index in [0.29, 0.717) is 13.0 Å². The monoisotopic (exact) mass is 262 g/mol. The summed E-state index contributed by atoms with van der Waals surface area (Å²) in [4.78, 5) is 24.2. The summed E-state index contributed by atoms with van der Waals surface area (Å²) in [7, 11) is 0. The first-order valence-electron chi connectivity index (χ1n) is 6.95. The lowest BCUT2D eigenvalue weighted by Gasteiger charge is -2.15. The summed E-state index contributed by atoms with van der Waals surface area (Å²) in [6.07, 6.45) is 2.94. The second-order valence-corrected chi connectivity index (χ2v) is 4.58. The number of esters is 1. The Kier molecular flexibility index (Phi) is 6.86. The Balaban J connectivity index is 2.81. The third-order valence-electron chi connectivity index (χ3n) is 2.93. The zero-order valence-electron chi connectivity index (χ0n) is 11.7. The summed E-state index contributed by atoms with van der Waals surface area (Å²) in [5.41, 5.74) is 0.724. The molecule has 0 amide bonds. The summed E-state index contributed by atoms with van der Waals surface area (Å²) < 4.78 is 5.21. The molecule has 104 valence electrons. The Morgan fingerprint density at radius 2 is 1.79 bits per heavy atom. The van der Waals surface area contributed by atoms with Gasteiger partial charge in [-0.1, -0.05) is 50.6 Å². The van der Waals surface area contributed by atoms with Gasteiger partial charge in [0.1, 0.15) is 5.92 Å². The van der Waals surface area contributed by atoms with Crippen LogP contribution in [0.5, 0.6) is 0 Å². The van der Waals surface area contributed by atoms with E-state index in [1.807, 2.05) is 32.0 Å². The summed E-state index contributed by atoms with van der Waals surface area (Å²) >= 11 is 0. The quantitative estimate of drug-likeness (QED) is 0.409. The molecule has 0 aliphatic carbocycles. The van der Waals surface area contributed by atoms with Gasteiger partial charge in [0.15, 0.2) is 5.78 Å². The van der Waals surface area contributed by atoms with Crippen molar-refractivity contribution in [3.05, 3.63) is 35.9 Å². The third kappa shape index (κ3) is 4.86. The van der Waals surface area contributed by atoms with E-state index in [4.69, 9.17) is 4.74 Å². The molecule has 1 atom stereocenters. The number of benzene rings is 1. The van der Waals surface area contributed by atoms with Crippen molar-refractivity contribution in [2.24, 2.45) is 0 Å². The normalized spacial score (nSPS) is 11.9. The maximum Gasteiger partial charge on any atom is 0.321 e. The number of Topliss-reactive ketones (excluding diaryl/α,β-unsaturated/α-hetero) is 1. The van der Waals surface area contributed by atoms with E-state index in [-0.39, 0.29) is 5.78 Å². The van der Waals surface area contributed by atoms with Gasteiger partial charge in [0.05, 0.1) is 6.61 Å². The Morgan fingerprint density at radius 3 is 2.37 bits per heavy atom.